The van der Waals surface area contributed by atoms with Crippen LogP contribution in [-0.2, 0) is 11.2 Å². The van der Waals surface area contributed by atoms with E-state index < -0.39 is 17.6 Å². The molecule has 2 aromatic rings. The normalized spacial score (nSPS) is 12.5. The second-order valence-electron chi connectivity index (χ2n) is 6.68. The summed E-state index contributed by atoms with van der Waals surface area (Å²) in [7, 11) is 1.64. The van der Waals surface area contributed by atoms with Crippen molar-refractivity contribution in [3.05, 3.63) is 64.7 Å². The zero-order valence-electron chi connectivity index (χ0n) is 14.8. The average molecular weight is 362 g/mol. The van der Waals surface area contributed by atoms with Gasteiger partial charge in [0.1, 0.15) is 5.75 Å². The molecule has 134 valence electrons. The van der Waals surface area contributed by atoms with E-state index in [9.17, 15) is 9.90 Å². The van der Waals surface area contributed by atoms with Gasteiger partial charge in [0.2, 0.25) is 0 Å². The van der Waals surface area contributed by atoms with E-state index in [2.05, 4.69) is 5.32 Å². The summed E-state index contributed by atoms with van der Waals surface area (Å²) in [6.07, 6.45) is 0.316. The number of ether oxygens (including phenoxy) is 1. The Labute approximate surface area is 153 Å². The van der Waals surface area contributed by atoms with Crippen molar-refractivity contribution in [2.24, 2.45) is 0 Å². The lowest BCUT2D eigenvalue weighted by Crippen LogP contribution is -2.45. The Bertz CT molecular complexity index is 713. The number of benzene rings is 2. The Morgan fingerprint density at radius 1 is 1.24 bits per heavy atom. The van der Waals surface area contributed by atoms with Crippen molar-refractivity contribution in [3.8, 4) is 5.75 Å². The minimum absolute atomic E-state index is 0.429. The van der Waals surface area contributed by atoms with Crippen molar-refractivity contribution < 1.29 is 14.6 Å². The monoisotopic (exact) mass is 361 g/mol. The molecule has 0 bridgehead atoms. The number of aliphatic hydroxyl groups excluding tert-OH is 1. The summed E-state index contributed by atoms with van der Waals surface area (Å²) in [5.74, 6) is 0.392. The van der Waals surface area contributed by atoms with Crippen LogP contribution in [0.3, 0.4) is 0 Å². The Morgan fingerprint density at radius 3 is 2.52 bits per heavy atom. The molecule has 0 aliphatic carbocycles. The number of aryl methyl sites for hydroxylation is 1. The van der Waals surface area contributed by atoms with Crippen molar-refractivity contribution in [3.63, 3.8) is 0 Å². The Morgan fingerprint density at radius 2 is 1.92 bits per heavy atom. The maximum Gasteiger partial charge on any atom is 0.253 e. The molecule has 25 heavy (non-hydrogen) atoms. The fourth-order valence-corrected chi connectivity index (χ4v) is 2.74. The smallest absolute Gasteiger partial charge is 0.253 e. The number of carbonyl (C=O) groups excluding carboxylic acids is 1. The topological polar surface area (TPSA) is 58.6 Å². The predicted octanol–water partition coefficient (Wildman–Crippen LogP) is 3.91. The van der Waals surface area contributed by atoms with Crippen LogP contribution in [0.4, 0.5) is 0 Å². The molecule has 4 nitrogen and oxygen atoms in total. The molecule has 5 heteroatoms. The van der Waals surface area contributed by atoms with Crippen molar-refractivity contribution >= 4 is 17.5 Å². The van der Waals surface area contributed by atoms with Gasteiger partial charge in [-0.2, -0.15) is 0 Å². The zero-order valence-corrected chi connectivity index (χ0v) is 15.5. The number of amides is 1. The maximum absolute atomic E-state index is 12.3. The van der Waals surface area contributed by atoms with Gasteiger partial charge >= 0.3 is 0 Å². The second-order valence-corrected chi connectivity index (χ2v) is 7.12. The number of nitrogens with one attached hydrogen (secondary N) is 1. The molecule has 0 radical (unpaired) electrons. The number of halogens is 1. The highest BCUT2D eigenvalue weighted by Crippen LogP contribution is 2.21. The van der Waals surface area contributed by atoms with E-state index in [1.807, 2.05) is 38.1 Å². The first-order chi connectivity index (χ1) is 11.8. The van der Waals surface area contributed by atoms with Crippen LogP contribution in [-0.4, -0.2) is 23.7 Å². The van der Waals surface area contributed by atoms with Crippen LogP contribution in [0.5, 0.6) is 5.75 Å². The molecular weight excluding hydrogens is 338 g/mol. The van der Waals surface area contributed by atoms with E-state index in [-0.39, 0.29) is 0 Å². The number of hydrogen-bond donors (Lipinski definition) is 2. The SMILES string of the molecule is COc1ccc(CCC(C)(C)NC(=O)C(O)c2cccc(Cl)c2)cc1. The molecule has 1 amide bonds. The van der Waals surface area contributed by atoms with Gasteiger partial charge in [0.15, 0.2) is 6.10 Å². The molecule has 0 saturated heterocycles. The van der Waals surface area contributed by atoms with Gasteiger partial charge in [-0.25, -0.2) is 0 Å². The first-order valence-electron chi connectivity index (χ1n) is 8.19. The van der Waals surface area contributed by atoms with E-state index in [0.29, 0.717) is 10.6 Å². The van der Waals surface area contributed by atoms with E-state index in [4.69, 9.17) is 16.3 Å². The molecule has 0 fully saturated rings. The molecule has 1 unspecified atom stereocenters. The Balaban J connectivity index is 1.93. The van der Waals surface area contributed by atoms with Crippen molar-refractivity contribution in [2.75, 3.05) is 7.11 Å². The lowest BCUT2D eigenvalue weighted by molar-refractivity contribution is -0.131. The number of carbonyl (C=O) groups is 1. The molecule has 0 aliphatic rings. The zero-order chi connectivity index (χ0) is 18.4. The van der Waals surface area contributed by atoms with Crippen LogP contribution in [0.15, 0.2) is 48.5 Å². The van der Waals surface area contributed by atoms with Gasteiger partial charge < -0.3 is 15.2 Å². The van der Waals surface area contributed by atoms with Crippen LogP contribution >= 0.6 is 11.6 Å². The average Bonchev–Trinajstić information content (AvgIpc) is 2.59. The summed E-state index contributed by atoms with van der Waals surface area (Å²) in [5.41, 5.74) is 1.20. The van der Waals surface area contributed by atoms with Gasteiger partial charge in [0.25, 0.3) is 5.91 Å². The molecule has 0 aliphatic heterocycles. The molecule has 2 aromatic carbocycles. The molecule has 0 heterocycles. The van der Waals surface area contributed by atoms with E-state index in [1.165, 1.54) is 5.56 Å². The fourth-order valence-electron chi connectivity index (χ4n) is 2.54. The molecule has 0 saturated carbocycles. The third-order valence-electron chi connectivity index (χ3n) is 4.07. The van der Waals surface area contributed by atoms with Gasteiger partial charge in [0.05, 0.1) is 7.11 Å². The molecule has 2 rings (SSSR count). The van der Waals surface area contributed by atoms with Gasteiger partial charge in [0, 0.05) is 10.6 Å². The largest absolute Gasteiger partial charge is 0.497 e. The standard InChI is InChI=1S/C20H24ClNO3/c1-20(2,12-11-14-7-9-17(25-3)10-8-14)22-19(24)18(23)15-5-4-6-16(21)13-15/h4-10,13,18,23H,11-12H2,1-3H3,(H,22,24). The van der Waals surface area contributed by atoms with Crippen molar-refractivity contribution in [1.29, 1.82) is 0 Å². The highest BCUT2D eigenvalue weighted by molar-refractivity contribution is 6.30. The van der Waals surface area contributed by atoms with Gasteiger partial charge in [-0.1, -0.05) is 35.9 Å². The van der Waals surface area contributed by atoms with Crippen molar-refractivity contribution in [1.82, 2.24) is 5.32 Å². The van der Waals surface area contributed by atoms with Gasteiger partial charge in [-0.05, 0) is 62.1 Å². The first-order valence-corrected chi connectivity index (χ1v) is 8.57. The van der Waals surface area contributed by atoms with Crippen molar-refractivity contribution in [2.45, 2.75) is 38.3 Å². The molecule has 0 aromatic heterocycles. The van der Waals surface area contributed by atoms with Crippen LogP contribution in [0.1, 0.15) is 37.5 Å². The van der Waals surface area contributed by atoms with Crippen LogP contribution < -0.4 is 10.1 Å². The Hall–Kier alpha value is -2.04. The van der Waals surface area contributed by atoms with Crippen LogP contribution in [0, 0.1) is 0 Å². The van der Waals surface area contributed by atoms with E-state index in [0.717, 1.165) is 18.6 Å². The third-order valence-corrected chi connectivity index (χ3v) is 4.31. The lowest BCUT2D eigenvalue weighted by Gasteiger charge is -2.28. The highest BCUT2D eigenvalue weighted by atomic mass is 35.5. The predicted molar refractivity (Wildman–Crippen MR) is 99.9 cm³/mol. The number of methoxy groups -OCH3 is 1. The molecule has 0 spiro atoms. The highest BCUT2D eigenvalue weighted by Gasteiger charge is 2.25. The quantitative estimate of drug-likeness (QED) is 0.786. The number of rotatable bonds is 7. The maximum atomic E-state index is 12.3. The molecule has 2 N–H and O–H groups in total. The molecular formula is C20H24ClNO3. The first kappa shape index (κ1) is 19.3. The number of aliphatic hydroxyl groups is 1. The minimum atomic E-state index is -1.24. The van der Waals surface area contributed by atoms with E-state index in [1.54, 1.807) is 31.4 Å². The second kappa shape index (κ2) is 8.37. The summed E-state index contributed by atoms with van der Waals surface area (Å²) in [6.45, 7) is 3.89. The summed E-state index contributed by atoms with van der Waals surface area (Å²) >= 11 is 5.91. The van der Waals surface area contributed by atoms with Gasteiger partial charge in [-0.3, -0.25) is 4.79 Å². The Kier molecular flexibility index (Phi) is 6.45. The third kappa shape index (κ3) is 5.76. The summed E-state index contributed by atoms with van der Waals surface area (Å²) < 4.78 is 5.15. The number of hydrogen-bond acceptors (Lipinski definition) is 3. The van der Waals surface area contributed by atoms with Gasteiger partial charge in [-0.15, -0.1) is 0 Å². The lowest BCUT2D eigenvalue weighted by atomic mass is 9.94. The van der Waals surface area contributed by atoms with Crippen LogP contribution in [0.2, 0.25) is 5.02 Å². The minimum Gasteiger partial charge on any atom is -0.497 e. The van der Waals surface area contributed by atoms with Crippen LogP contribution in [0.25, 0.3) is 0 Å². The summed E-state index contributed by atoms with van der Waals surface area (Å²) in [6, 6.07) is 14.6. The summed E-state index contributed by atoms with van der Waals surface area (Å²) in [5, 5.41) is 13.6. The summed E-state index contributed by atoms with van der Waals surface area (Å²) in [4.78, 5) is 12.3. The molecule has 1 atom stereocenters. The van der Waals surface area contributed by atoms with E-state index >= 15 is 0 Å². The fraction of sp³-hybridized carbons (Fsp3) is 0.350.